The number of ether oxygens (including phenoxy) is 1. The first-order valence-electron chi connectivity index (χ1n) is 4.58. The third-order valence-electron chi connectivity index (χ3n) is 1.89. The van der Waals surface area contributed by atoms with Crippen molar-refractivity contribution in [2.75, 3.05) is 26.7 Å². The molecular formula is C9H20N2O2. The molecule has 0 saturated carbocycles. The van der Waals surface area contributed by atoms with Gasteiger partial charge in [0.2, 0.25) is 0 Å². The van der Waals surface area contributed by atoms with Crippen LogP contribution < -0.4 is 10.6 Å². The highest BCUT2D eigenvalue weighted by Crippen LogP contribution is 2.05. The quantitative estimate of drug-likeness (QED) is 0.583. The van der Waals surface area contributed by atoms with E-state index >= 15 is 0 Å². The highest BCUT2D eigenvalue weighted by molar-refractivity contribution is 5.84. The van der Waals surface area contributed by atoms with E-state index < -0.39 is 5.60 Å². The monoisotopic (exact) mass is 188 g/mol. The van der Waals surface area contributed by atoms with Crippen LogP contribution in [0.4, 0.5) is 0 Å². The van der Waals surface area contributed by atoms with Gasteiger partial charge in [0, 0.05) is 20.2 Å². The second-order valence-corrected chi connectivity index (χ2v) is 3.32. The molecule has 2 N–H and O–H groups in total. The van der Waals surface area contributed by atoms with Crippen LogP contribution in [0.15, 0.2) is 0 Å². The van der Waals surface area contributed by atoms with Crippen LogP contribution in [0.25, 0.3) is 0 Å². The summed E-state index contributed by atoms with van der Waals surface area (Å²) in [5.41, 5.74) is -0.730. The van der Waals surface area contributed by atoms with Crippen molar-refractivity contribution in [3.8, 4) is 0 Å². The molecule has 78 valence electrons. The lowest BCUT2D eigenvalue weighted by Gasteiger charge is -2.21. The summed E-state index contributed by atoms with van der Waals surface area (Å²) in [7, 11) is 1.53. The van der Waals surface area contributed by atoms with Gasteiger partial charge in [0.25, 0.3) is 5.91 Å². The molecule has 0 aromatic heterocycles. The number of methoxy groups -OCH3 is 1. The Bertz CT molecular complexity index is 158. The molecule has 0 aliphatic heterocycles. The number of hydrogen-bond donors (Lipinski definition) is 2. The summed E-state index contributed by atoms with van der Waals surface area (Å²) >= 11 is 0. The van der Waals surface area contributed by atoms with E-state index in [9.17, 15) is 4.79 Å². The molecule has 4 nitrogen and oxygen atoms in total. The molecule has 0 heterocycles. The number of carbonyl (C=O) groups is 1. The van der Waals surface area contributed by atoms with Crippen LogP contribution in [0.1, 0.15) is 20.8 Å². The van der Waals surface area contributed by atoms with Crippen LogP contribution in [-0.2, 0) is 9.53 Å². The fraction of sp³-hybridized carbons (Fsp3) is 0.889. The highest BCUT2D eigenvalue weighted by Gasteiger charge is 2.25. The van der Waals surface area contributed by atoms with Gasteiger partial charge >= 0.3 is 0 Å². The van der Waals surface area contributed by atoms with E-state index in [1.807, 2.05) is 6.92 Å². The fourth-order valence-electron chi connectivity index (χ4n) is 0.747. The summed E-state index contributed by atoms with van der Waals surface area (Å²) in [5, 5.41) is 5.90. The minimum Gasteiger partial charge on any atom is -0.369 e. The van der Waals surface area contributed by atoms with Crippen molar-refractivity contribution in [3.63, 3.8) is 0 Å². The van der Waals surface area contributed by atoms with Gasteiger partial charge in [-0.15, -0.1) is 0 Å². The van der Waals surface area contributed by atoms with E-state index in [4.69, 9.17) is 4.74 Å². The second kappa shape index (κ2) is 5.94. The highest BCUT2D eigenvalue weighted by atomic mass is 16.5. The van der Waals surface area contributed by atoms with Crippen LogP contribution in [0.2, 0.25) is 0 Å². The Morgan fingerprint density at radius 3 is 2.46 bits per heavy atom. The number of amides is 1. The molecule has 0 aromatic rings. The number of hydrogen-bond acceptors (Lipinski definition) is 3. The van der Waals surface area contributed by atoms with Crippen LogP contribution in [0.3, 0.4) is 0 Å². The van der Waals surface area contributed by atoms with Gasteiger partial charge < -0.3 is 15.4 Å². The van der Waals surface area contributed by atoms with Crippen LogP contribution in [0.5, 0.6) is 0 Å². The summed E-state index contributed by atoms with van der Waals surface area (Å²) < 4.78 is 5.02. The van der Waals surface area contributed by atoms with Gasteiger partial charge in [-0.3, -0.25) is 4.79 Å². The first kappa shape index (κ1) is 12.4. The summed E-state index contributed by atoms with van der Waals surface area (Å²) in [4.78, 5) is 11.4. The largest absolute Gasteiger partial charge is 0.369 e. The summed E-state index contributed by atoms with van der Waals surface area (Å²) in [5.74, 6) is -0.0760. The molecule has 0 aromatic carbocycles. The van der Waals surface area contributed by atoms with Crippen LogP contribution >= 0.6 is 0 Å². The van der Waals surface area contributed by atoms with E-state index in [1.165, 1.54) is 7.11 Å². The van der Waals surface area contributed by atoms with E-state index in [0.717, 1.165) is 13.1 Å². The normalized spacial score (nSPS) is 11.4. The zero-order chi connectivity index (χ0) is 10.3. The Labute approximate surface area is 80.0 Å². The minimum atomic E-state index is -0.730. The molecule has 0 bridgehead atoms. The molecule has 0 saturated heterocycles. The van der Waals surface area contributed by atoms with Crippen molar-refractivity contribution in [3.05, 3.63) is 0 Å². The summed E-state index contributed by atoms with van der Waals surface area (Å²) in [6.45, 7) is 7.87. The van der Waals surface area contributed by atoms with Gasteiger partial charge in [-0.25, -0.2) is 0 Å². The van der Waals surface area contributed by atoms with E-state index in [2.05, 4.69) is 10.6 Å². The van der Waals surface area contributed by atoms with Crippen LogP contribution in [-0.4, -0.2) is 38.3 Å². The molecule has 0 rings (SSSR count). The Morgan fingerprint density at radius 1 is 1.38 bits per heavy atom. The molecule has 0 atom stereocenters. The number of nitrogens with one attached hydrogen (secondary N) is 2. The third kappa shape index (κ3) is 4.85. The molecule has 0 unspecified atom stereocenters. The molecule has 0 aliphatic rings. The molecule has 13 heavy (non-hydrogen) atoms. The zero-order valence-electron chi connectivity index (χ0n) is 8.94. The standard InChI is InChI=1S/C9H20N2O2/c1-5-10-6-7-11-8(12)9(2,3)13-4/h10H,5-7H2,1-4H3,(H,11,12). The minimum absolute atomic E-state index is 0.0760. The molecule has 0 spiro atoms. The van der Waals surface area contributed by atoms with Crippen LogP contribution in [0, 0.1) is 0 Å². The van der Waals surface area contributed by atoms with E-state index in [0.29, 0.717) is 6.54 Å². The van der Waals surface area contributed by atoms with Crippen molar-refractivity contribution < 1.29 is 9.53 Å². The van der Waals surface area contributed by atoms with E-state index in [1.54, 1.807) is 13.8 Å². The first-order valence-corrected chi connectivity index (χ1v) is 4.58. The van der Waals surface area contributed by atoms with Gasteiger partial charge in [-0.2, -0.15) is 0 Å². The van der Waals surface area contributed by atoms with Gasteiger partial charge in [-0.05, 0) is 20.4 Å². The molecular weight excluding hydrogens is 168 g/mol. The lowest BCUT2D eigenvalue weighted by atomic mass is 10.1. The van der Waals surface area contributed by atoms with Crippen molar-refractivity contribution in [2.24, 2.45) is 0 Å². The molecule has 0 radical (unpaired) electrons. The lowest BCUT2D eigenvalue weighted by molar-refractivity contribution is -0.139. The number of rotatable bonds is 6. The van der Waals surface area contributed by atoms with Gasteiger partial charge in [0.1, 0.15) is 5.60 Å². The predicted octanol–water partition coefficient (Wildman–Crippen LogP) is 0.137. The Kier molecular flexibility index (Phi) is 5.66. The average molecular weight is 188 g/mol. The topological polar surface area (TPSA) is 50.4 Å². The fourth-order valence-corrected chi connectivity index (χ4v) is 0.747. The first-order chi connectivity index (χ1) is 6.04. The summed E-state index contributed by atoms with van der Waals surface area (Å²) in [6, 6.07) is 0. The average Bonchev–Trinajstić information content (AvgIpc) is 2.12. The Balaban J connectivity index is 3.62. The van der Waals surface area contributed by atoms with Crippen molar-refractivity contribution in [1.29, 1.82) is 0 Å². The Morgan fingerprint density at radius 2 is 2.00 bits per heavy atom. The number of carbonyl (C=O) groups excluding carboxylic acids is 1. The maximum Gasteiger partial charge on any atom is 0.251 e. The number of likely N-dealkylation sites (N-methyl/N-ethyl adjacent to an activating group) is 1. The Hall–Kier alpha value is -0.610. The maximum atomic E-state index is 11.4. The van der Waals surface area contributed by atoms with Gasteiger partial charge in [0.05, 0.1) is 0 Å². The third-order valence-corrected chi connectivity index (χ3v) is 1.89. The second-order valence-electron chi connectivity index (χ2n) is 3.32. The SMILES string of the molecule is CCNCCNC(=O)C(C)(C)OC. The molecule has 1 amide bonds. The molecule has 0 fully saturated rings. The van der Waals surface area contributed by atoms with Crippen molar-refractivity contribution in [2.45, 2.75) is 26.4 Å². The van der Waals surface area contributed by atoms with Gasteiger partial charge in [0.15, 0.2) is 0 Å². The lowest BCUT2D eigenvalue weighted by Crippen LogP contribution is -2.45. The predicted molar refractivity (Wildman–Crippen MR) is 52.6 cm³/mol. The zero-order valence-corrected chi connectivity index (χ0v) is 8.94. The van der Waals surface area contributed by atoms with Crippen molar-refractivity contribution >= 4 is 5.91 Å². The summed E-state index contributed by atoms with van der Waals surface area (Å²) in [6.07, 6.45) is 0. The molecule has 0 aliphatic carbocycles. The van der Waals surface area contributed by atoms with E-state index in [-0.39, 0.29) is 5.91 Å². The van der Waals surface area contributed by atoms with Gasteiger partial charge in [-0.1, -0.05) is 6.92 Å². The molecule has 4 heteroatoms. The van der Waals surface area contributed by atoms with Crippen molar-refractivity contribution in [1.82, 2.24) is 10.6 Å². The maximum absolute atomic E-state index is 11.4. The smallest absolute Gasteiger partial charge is 0.251 e.